The van der Waals surface area contributed by atoms with E-state index in [2.05, 4.69) is 20.2 Å². The van der Waals surface area contributed by atoms with E-state index in [4.69, 9.17) is 0 Å². The fraction of sp³-hybridized carbons (Fsp3) is 0.353. The molecule has 0 bridgehead atoms. The van der Waals surface area contributed by atoms with Crippen LogP contribution in [0.3, 0.4) is 0 Å². The van der Waals surface area contributed by atoms with E-state index in [1.807, 2.05) is 5.38 Å². The predicted octanol–water partition coefficient (Wildman–Crippen LogP) is 0.987. The summed E-state index contributed by atoms with van der Waals surface area (Å²) in [5, 5.41) is 11.3. The van der Waals surface area contributed by atoms with Crippen LogP contribution in [-0.2, 0) is 11.3 Å². The van der Waals surface area contributed by atoms with Crippen molar-refractivity contribution in [1.29, 1.82) is 0 Å². The highest BCUT2D eigenvalue weighted by molar-refractivity contribution is 7.13. The Morgan fingerprint density at radius 1 is 1.15 bits per heavy atom. The number of aromatic nitrogens is 4. The van der Waals surface area contributed by atoms with Crippen molar-refractivity contribution in [1.82, 2.24) is 24.9 Å². The maximum absolute atomic E-state index is 12.7. The Morgan fingerprint density at radius 3 is 2.88 bits per heavy atom. The van der Waals surface area contributed by atoms with E-state index in [0.29, 0.717) is 24.0 Å². The number of anilines is 1. The first-order chi connectivity index (χ1) is 12.7. The summed E-state index contributed by atoms with van der Waals surface area (Å²) < 4.78 is 1.15. The van der Waals surface area contributed by atoms with Gasteiger partial charge in [-0.15, -0.1) is 16.4 Å². The second kappa shape index (κ2) is 7.20. The first-order valence-corrected chi connectivity index (χ1v) is 9.35. The van der Waals surface area contributed by atoms with E-state index in [0.717, 1.165) is 29.3 Å². The molecular formula is C17H18N6O2S. The van der Waals surface area contributed by atoms with Crippen LogP contribution in [0.2, 0.25) is 0 Å². The zero-order valence-electron chi connectivity index (χ0n) is 14.1. The smallest absolute Gasteiger partial charge is 0.278 e. The van der Waals surface area contributed by atoms with Crippen LogP contribution < -0.4 is 10.5 Å². The largest absolute Gasteiger partial charge is 0.346 e. The molecule has 9 heteroatoms. The Morgan fingerprint density at radius 2 is 2.04 bits per heavy atom. The van der Waals surface area contributed by atoms with Gasteiger partial charge in [0.2, 0.25) is 5.91 Å². The maximum atomic E-state index is 12.7. The number of thiazole rings is 1. The lowest BCUT2D eigenvalue weighted by atomic mass is 10.2. The summed E-state index contributed by atoms with van der Waals surface area (Å²) in [4.78, 5) is 33.5. The number of amides is 1. The second-order valence-corrected chi connectivity index (χ2v) is 6.98. The van der Waals surface area contributed by atoms with Crippen LogP contribution in [0.4, 0.5) is 5.13 Å². The number of hydrogen-bond donors (Lipinski definition) is 0. The Balaban J connectivity index is 1.47. The summed E-state index contributed by atoms with van der Waals surface area (Å²) in [6.45, 7) is 2.78. The van der Waals surface area contributed by atoms with Crippen molar-refractivity contribution in [3.63, 3.8) is 0 Å². The van der Waals surface area contributed by atoms with Crippen LogP contribution in [0.25, 0.3) is 10.9 Å². The number of rotatable bonds is 3. The fourth-order valence-electron chi connectivity index (χ4n) is 3.09. The summed E-state index contributed by atoms with van der Waals surface area (Å²) in [6, 6.07) is 7.01. The van der Waals surface area contributed by atoms with Gasteiger partial charge in [0.05, 0.1) is 5.39 Å². The van der Waals surface area contributed by atoms with E-state index >= 15 is 0 Å². The molecule has 26 heavy (non-hydrogen) atoms. The van der Waals surface area contributed by atoms with Gasteiger partial charge in [0.25, 0.3) is 5.56 Å². The number of benzene rings is 1. The van der Waals surface area contributed by atoms with Crippen LogP contribution in [-0.4, -0.2) is 57.0 Å². The molecule has 0 unspecified atom stereocenters. The lowest BCUT2D eigenvalue weighted by molar-refractivity contribution is -0.131. The van der Waals surface area contributed by atoms with Crippen molar-refractivity contribution in [3.05, 3.63) is 46.2 Å². The average molecular weight is 370 g/mol. The van der Waals surface area contributed by atoms with E-state index in [9.17, 15) is 9.59 Å². The highest BCUT2D eigenvalue weighted by Gasteiger charge is 2.21. The zero-order valence-corrected chi connectivity index (χ0v) is 14.9. The van der Waals surface area contributed by atoms with Gasteiger partial charge in [-0.3, -0.25) is 9.59 Å². The molecule has 134 valence electrons. The molecule has 1 aliphatic heterocycles. The molecule has 2 aromatic heterocycles. The predicted molar refractivity (Wildman–Crippen MR) is 99.3 cm³/mol. The molecule has 1 aliphatic rings. The number of carbonyl (C=O) groups excluding carboxylic acids is 1. The fourth-order valence-corrected chi connectivity index (χ4v) is 3.78. The van der Waals surface area contributed by atoms with Crippen molar-refractivity contribution >= 4 is 33.3 Å². The van der Waals surface area contributed by atoms with Crippen molar-refractivity contribution in [2.75, 3.05) is 31.1 Å². The third-order valence-corrected chi connectivity index (χ3v) is 5.28. The first kappa shape index (κ1) is 16.6. The standard InChI is InChI=1S/C17H18N6O2S/c24-15(12-23-16(25)13-4-1-2-5-14(13)19-20-23)21-7-3-8-22(10-9-21)17-18-6-11-26-17/h1-2,4-6,11H,3,7-10,12H2. The van der Waals surface area contributed by atoms with E-state index in [1.165, 1.54) is 0 Å². The van der Waals surface area contributed by atoms with Gasteiger partial charge in [0.1, 0.15) is 12.1 Å². The van der Waals surface area contributed by atoms with Crippen LogP contribution in [0, 0.1) is 0 Å². The summed E-state index contributed by atoms with van der Waals surface area (Å²) >= 11 is 1.60. The minimum absolute atomic E-state index is 0.0894. The molecule has 3 heterocycles. The molecule has 0 aliphatic carbocycles. The van der Waals surface area contributed by atoms with Gasteiger partial charge in [0.15, 0.2) is 5.13 Å². The summed E-state index contributed by atoms with van der Waals surface area (Å²) in [5.41, 5.74) is 0.248. The second-order valence-electron chi connectivity index (χ2n) is 6.11. The Labute approximate surface area is 153 Å². The average Bonchev–Trinajstić information content (AvgIpc) is 3.08. The van der Waals surface area contributed by atoms with Crippen molar-refractivity contribution in [2.24, 2.45) is 0 Å². The van der Waals surface area contributed by atoms with Gasteiger partial charge >= 0.3 is 0 Å². The highest BCUT2D eigenvalue weighted by atomic mass is 32.1. The third-order valence-electron chi connectivity index (χ3n) is 4.45. The van der Waals surface area contributed by atoms with Crippen LogP contribution in [0.1, 0.15) is 6.42 Å². The molecule has 1 amide bonds. The minimum atomic E-state index is -0.289. The molecule has 0 N–H and O–H groups in total. The third kappa shape index (κ3) is 3.30. The number of hydrogen-bond acceptors (Lipinski definition) is 7. The minimum Gasteiger partial charge on any atom is -0.346 e. The van der Waals surface area contributed by atoms with Crippen molar-refractivity contribution in [2.45, 2.75) is 13.0 Å². The van der Waals surface area contributed by atoms with Crippen molar-refractivity contribution < 1.29 is 4.79 Å². The van der Waals surface area contributed by atoms with Gasteiger partial charge < -0.3 is 9.80 Å². The van der Waals surface area contributed by atoms with Gasteiger partial charge in [-0.2, -0.15) is 0 Å². The monoisotopic (exact) mass is 370 g/mol. The summed E-state index contributed by atoms with van der Waals surface area (Å²) in [7, 11) is 0. The van der Waals surface area contributed by atoms with Gasteiger partial charge in [-0.05, 0) is 18.6 Å². The quantitative estimate of drug-likeness (QED) is 0.684. The van der Waals surface area contributed by atoms with Gasteiger partial charge in [0, 0.05) is 37.8 Å². The Kier molecular flexibility index (Phi) is 4.61. The number of nitrogens with zero attached hydrogens (tertiary/aromatic N) is 6. The normalized spacial score (nSPS) is 15.2. The number of fused-ring (bicyclic) bond motifs is 1. The Hall–Kier alpha value is -2.81. The molecule has 0 radical (unpaired) electrons. The van der Waals surface area contributed by atoms with Crippen LogP contribution >= 0.6 is 11.3 Å². The molecule has 8 nitrogen and oxygen atoms in total. The summed E-state index contributed by atoms with van der Waals surface area (Å²) in [5.74, 6) is -0.113. The highest BCUT2D eigenvalue weighted by Crippen LogP contribution is 2.19. The molecular weight excluding hydrogens is 352 g/mol. The molecule has 1 aromatic carbocycles. The SMILES string of the molecule is O=C(Cn1nnc2ccccc2c1=O)N1CCCN(c2nccs2)CC1. The first-order valence-electron chi connectivity index (χ1n) is 8.47. The molecule has 1 saturated heterocycles. The molecule has 0 spiro atoms. The summed E-state index contributed by atoms with van der Waals surface area (Å²) in [6.07, 6.45) is 2.66. The molecule has 0 saturated carbocycles. The zero-order chi connectivity index (χ0) is 17.9. The molecule has 4 rings (SSSR count). The molecule has 1 fully saturated rings. The lowest BCUT2D eigenvalue weighted by Crippen LogP contribution is -2.39. The lowest BCUT2D eigenvalue weighted by Gasteiger charge is -2.21. The number of carbonyl (C=O) groups is 1. The Bertz CT molecular complexity index is 971. The van der Waals surface area contributed by atoms with E-state index in [1.54, 1.807) is 46.7 Å². The molecule has 3 aromatic rings. The van der Waals surface area contributed by atoms with E-state index in [-0.39, 0.29) is 18.0 Å². The topological polar surface area (TPSA) is 84.2 Å². The maximum Gasteiger partial charge on any atom is 0.278 e. The van der Waals surface area contributed by atoms with E-state index < -0.39 is 0 Å². The van der Waals surface area contributed by atoms with Crippen LogP contribution in [0.15, 0.2) is 40.6 Å². The molecule has 0 atom stereocenters. The van der Waals surface area contributed by atoms with Crippen molar-refractivity contribution in [3.8, 4) is 0 Å². The van der Waals surface area contributed by atoms with Crippen LogP contribution in [0.5, 0.6) is 0 Å². The van der Waals surface area contributed by atoms with Gasteiger partial charge in [-0.1, -0.05) is 17.3 Å². The van der Waals surface area contributed by atoms with Gasteiger partial charge in [-0.25, -0.2) is 9.67 Å².